The highest BCUT2D eigenvalue weighted by Crippen LogP contribution is 2.42. The predicted octanol–water partition coefficient (Wildman–Crippen LogP) is 3.43. The highest BCUT2D eigenvalue weighted by molar-refractivity contribution is 6.66. The largest absolute Gasteiger partial charge is 0.398 e. The first-order valence-electron chi connectivity index (χ1n) is 8.62. The molecule has 0 unspecified atom stereocenters. The van der Waals surface area contributed by atoms with Gasteiger partial charge >= 0.3 is 8.56 Å². The maximum atomic E-state index is 5.80. The van der Waals surface area contributed by atoms with Gasteiger partial charge in [-0.05, 0) is 85.0 Å². The quantitative estimate of drug-likeness (QED) is 0.482. The minimum absolute atomic E-state index is 0.360. The van der Waals surface area contributed by atoms with Crippen LogP contribution in [0, 0.1) is 5.41 Å². The fourth-order valence-corrected chi connectivity index (χ4v) is 5.65. The summed E-state index contributed by atoms with van der Waals surface area (Å²) in [5.41, 5.74) is 0.360. The summed E-state index contributed by atoms with van der Waals surface area (Å²) >= 11 is 0. The molecule has 0 aliphatic carbocycles. The number of hydrogen-bond donors (Lipinski definition) is 0. The summed E-state index contributed by atoms with van der Waals surface area (Å²) in [5, 5.41) is 0. The van der Waals surface area contributed by atoms with E-state index >= 15 is 0 Å². The minimum Gasteiger partial charge on any atom is -0.398 e. The van der Waals surface area contributed by atoms with Crippen LogP contribution in [-0.2, 0) is 8.85 Å². The topological polar surface area (TPSA) is 24.9 Å². The second-order valence-corrected chi connectivity index (χ2v) is 10.8. The minimum atomic E-state index is -2.04. The van der Waals surface area contributed by atoms with Gasteiger partial charge < -0.3 is 18.7 Å². The molecule has 0 aromatic rings. The molecule has 0 aliphatic rings. The molecule has 0 radical (unpaired) electrons. The van der Waals surface area contributed by atoms with Crippen molar-refractivity contribution in [3.63, 3.8) is 0 Å². The van der Waals surface area contributed by atoms with Crippen molar-refractivity contribution >= 4 is 8.56 Å². The van der Waals surface area contributed by atoms with Gasteiger partial charge in [0, 0.05) is 14.2 Å². The molecule has 4 nitrogen and oxygen atoms in total. The van der Waals surface area contributed by atoms with Gasteiger partial charge in [0.05, 0.1) is 0 Å². The molecule has 0 atom stereocenters. The van der Waals surface area contributed by atoms with Crippen LogP contribution < -0.4 is 0 Å². The molecule has 0 fully saturated rings. The van der Waals surface area contributed by atoms with E-state index in [0.29, 0.717) is 5.41 Å². The number of rotatable bonds is 13. The van der Waals surface area contributed by atoms with Crippen molar-refractivity contribution in [1.82, 2.24) is 9.80 Å². The van der Waals surface area contributed by atoms with Gasteiger partial charge in [-0.3, -0.25) is 0 Å². The lowest BCUT2D eigenvalue weighted by Crippen LogP contribution is -2.42. The Morgan fingerprint density at radius 1 is 0.864 bits per heavy atom. The molecule has 0 amide bonds. The van der Waals surface area contributed by atoms with Gasteiger partial charge in [-0.2, -0.15) is 0 Å². The Labute approximate surface area is 140 Å². The lowest BCUT2D eigenvalue weighted by molar-refractivity contribution is 0.177. The summed E-state index contributed by atoms with van der Waals surface area (Å²) in [6.45, 7) is 6.86. The maximum absolute atomic E-state index is 5.80. The van der Waals surface area contributed by atoms with E-state index in [9.17, 15) is 0 Å². The van der Waals surface area contributed by atoms with Crippen molar-refractivity contribution in [2.24, 2.45) is 5.41 Å². The molecule has 0 saturated carbocycles. The summed E-state index contributed by atoms with van der Waals surface area (Å²) in [6, 6.07) is 1.10. The highest BCUT2D eigenvalue weighted by atomic mass is 28.4. The lowest BCUT2D eigenvalue weighted by atomic mass is 9.78. The second kappa shape index (κ2) is 10.8. The Hall–Kier alpha value is 0.0569. The zero-order valence-corrected chi connectivity index (χ0v) is 17.4. The molecule has 0 aromatic heterocycles. The summed E-state index contributed by atoms with van der Waals surface area (Å²) in [5.74, 6) is 0. The molecular formula is C17H40N2O2Si. The Kier molecular flexibility index (Phi) is 10.8. The van der Waals surface area contributed by atoms with Gasteiger partial charge in [0.2, 0.25) is 0 Å². The molecule has 5 heteroatoms. The van der Waals surface area contributed by atoms with E-state index in [4.69, 9.17) is 8.85 Å². The van der Waals surface area contributed by atoms with Gasteiger partial charge in [-0.25, -0.2) is 0 Å². The highest BCUT2D eigenvalue weighted by Gasteiger charge is 2.40. The van der Waals surface area contributed by atoms with Gasteiger partial charge in [-0.15, -0.1) is 0 Å². The number of hydrogen-bond acceptors (Lipinski definition) is 4. The average molecular weight is 333 g/mol. The van der Waals surface area contributed by atoms with E-state index in [-0.39, 0.29) is 0 Å². The standard InChI is InChI=1S/C17H40N2O2Si/c1-9-17(12-10-14-18(2)3,13-11-15-19(4)5)16-22(8,20-6)21-7/h9-16H2,1-8H3. The van der Waals surface area contributed by atoms with Crippen molar-refractivity contribution in [3.8, 4) is 0 Å². The van der Waals surface area contributed by atoms with Crippen LogP contribution in [0.2, 0.25) is 12.6 Å². The van der Waals surface area contributed by atoms with Gasteiger partial charge in [0.15, 0.2) is 0 Å². The Balaban J connectivity index is 4.88. The molecule has 0 saturated heterocycles. The summed E-state index contributed by atoms with van der Waals surface area (Å²) in [4.78, 5) is 4.56. The van der Waals surface area contributed by atoms with Crippen molar-refractivity contribution in [2.75, 3.05) is 55.5 Å². The molecule has 134 valence electrons. The third-order valence-electron chi connectivity index (χ3n) is 4.93. The van der Waals surface area contributed by atoms with E-state index in [1.807, 2.05) is 14.2 Å². The van der Waals surface area contributed by atoms with Gasteiger partial charge in [-0.1, -0.05) is 13.3 Å². The van der Waals surface area contributed by atoms with Crippen LogP contribution in [-0.4, -0.2) is 73.9 Å². The first-order valence-corrected chi connectivity index (χ1v) is 11.1. The molecule has 0 spiro atoms. The van der Waals surface area contributed by atoms with Crippen molar-refractivity contribution in [3.05, 3.63) is 0 Å². The van der Waals surface area contributed by atoms with Gasteiger partial charge in [0.1, 0.15) is 0 Å². The van der Waals surface area contributed by atoms with E-state index in [1.54, 1.807) is 0 Å². The van der Waals surface area contributed by atoms with Crippen molar-refractivity contribution < 1.29 is 8.85 Å². The van der Waals surface area contributed by atoms with Crippen LogP contribution in [0.5, 0.6) is 0 Å². The SMILES string of the molecule is CCC(CCCN(C)C)(CCCN(C)C)C[Si](C)(OC)OC. The first-order chi connectivity index (χ1) is 10.2. The summed E-state index contributed by atoms with van der Waals surface area (Å²) in [6.07, 6.45) is 6.25. The number of nitrogens with zero attached hydrogens (tertiary/aromatic N) is 2. The first kappa shape index (κ1) is 22.1. The molecule has 22 heavy (non-hydrogen) atoms. The van der Waals surface area contributed by atoms with Crippen molar-refractivity contribution in [1.29, 1.82) is 0 Å². The summed E-state index contributed by atoms with van der Waals surface area (Å²) in [7, 11) is 10.2. The third-order valence-corrected chi connectivity index (χ3v) is 8.05. The Morgan fingerprint density at radius 2 is 1.27 bits per heavy atom. The predicted molar refractivity (Wildman–Crippen MR) is 98.7 cm³/mol. The smallest absolute Gasteiger partial charge is 0.334 e. The molecule has 0 bridgehead atoms. The Morgan fingerprint density at radius 3 is 1.55 bits per heavy atom. The van der Waals surface area contributed by atoms with Crippen molar-refractivity contribution in [2.45, 2.75) is 51.6 Å². The van der Waals surface area contributed by atoms with Crippen LogP contribution in [0.1, 0.15) is 39.0 Å². The molecule has 0 aromatic carbocycles. The van der Waals surface area contributed by atoms with E-state index in [2.05, 4.69) is 51.5 Å². The monoisotopic (exact) mass is 332 g/mol. The third kappa shape index (κ3) is 8.63. The zero-order valence-electron chi connectivity index (χ0n) is 16.4. The van der Waals surface area contributed by atoms with E-state index in [0.717, 1.165) is 19.1 Å². The van der Waals surface area contributed by atoms with Crippen LogP contribution >= 0.6 is 0 Å². The normalized spacial score (nSPS) is 13.4. The van der Waals surface area contributed by atoms with Crippen LogP contribution in [0.4, 0.5) is 0 Å². The molecular weight excluding hydrogens is 292 g/mol. The van der Waals surface area contributed by atoms with Crippen LogP contribution in [0.15, 0.2) is 0 Å². The molecule has 0 N–H and O–H groups in total. The summed E-state index contributed by atoms with van der Waals surface area (Å²) < 4.78 is 11.6. The van der Waals surface area contributed by atoms with E-state index in [1.165, 1.54) is 32.1 Å². The van der Waals surface area contributed by atoms with Gasteiger partial charge in [0.25, 0.3) is 0 Å². The second-order valence-electron chi connectivity index (χ2n) is 7.39. The maximum Gasteiger partial charge on any atom is 0.334 e. The molecule has 0 rings (SSSR count). The average Bonchev–Trinajstić information content (AvgIpc) is 2.46. The fraction of sp³-hybridized carbons (Fsp3) is 1.00. The Bertz CT molecular complexity index is 268. The lowest BCUT2D eigenvalue weighted by Gasteiger charge is -2.39. The fourth-order valence-electron chi connectivity index (χ4n) is 3.23. The molecule has 0 heterocycles. The molecule has 0 aliphatic heterocycles. The van der Waals surface area contributed by atoms with E-state index < -0.39 is 8.56 Å². The van der Waals surface area contributed by atoms with Crippen LogP contribution in [0.25, 0.3) is 0 Å². The van der Waals surface area contributed by atoms with Crippen LogP contribution in [0.3, 0.4) is 0 Å². The zero-order chi connectivity index (χ0) is 17.2.